The summed E-state index contributed by atoms with van der Waals surface area (Å²) in [4.78, 5) is 20.8. The second-order valence-corrected chi connectivity index (χ2v) is 8.99. The second-order valence-electron chi connectivity index (χ2n) is 8.13. The Morgan fingerprint density at radius 2 is 1.75 bits per heavy atom. The van der Waals surface area contributed by atoms with E-state index in [0.717, 1.165) is 43.4 Å². The lowest BCUT2D eigenvalue weighted by atomic mass is 10.1. The molecule has 1 saturated heterocycles. The van der Waals surface area contributed by atoms with E-state index >= 15 is 0 Å². The maximum atomic E-state index is 11.3. The zero-order chi connectivity index (χ0) is 22.3. The molecule has 1 aliphatic rings. The number of hydrogen-bond acceptors (Lipinski definition) is 7. The summed E-state index contributed by atoms with van der Waals surface area (Å²) in [5.41, 5.74) is 2.94. The minimum Gasteiger partial charge on any atom is -0.491 e. The van der Waals surface area contributed by atoms with Crippen LogP contribution in [0.4, 0.5) is 0 Å². The summed E-state index contributed by atoms with van der Waals surface area (Å²) in [6.45, 7) is 6.98. The number of Topliss-reactive ketones (excluding diaryl/α,β-unsaturated/α-hetero) is 1. The number of aromatic nitrogens is 1. The third kappa shape index (κ3) is 6.23. The van der Waals surface area contributed by atoms with Crippen molar-refractivity contribution in [3.63, 3.8) is 0 Å². The minimum atomic E-state index is -0.555. The molecule has 32 heavy (non-hydrogen) atoms. The van der Waals surface area contributed by atoms with Gasteiger partial charge in [-0.15, -0.1) is 11.3 Å². The fourth-order valence-corrected chi connectivity index (χ4v) is 4.60. The summed E-state index contributed by atoms with van der Waals surface area (Å²) in [5, 5.41) is 13.6. The van der Waals surface area contributed by atoms with Gasteiger partial charge >= 0.3 is 0 Å². The van der Waals surface area contributed by atoms with E-state index < -0.39 is 6.10 Å². The van der Waals surface area contributed by atoms with Crippen LogP contribution in [0.5, 0.6) is 5.75 Å². The van der Waals surface area contributed by atoms with Gasteiger partial charge < -0.3 is 9.84 Å². The molecule has 0 spiro atoms. The van der Waals surface area contributed by atoms with Gasteiger partial charge in [0.25, 0.3) is 0 Å². The lowest BCUT2D eigenvalue weighted by molar-refractivity contribution is 0.0444. The zero-order valence-corrected chi connectivity index (χ0v) is 19.1. The number of carbonyl (C=O) groups excluding carboxylic acids is 1. The Balaban J connectivity index is 1.18. The molecule has 0 bridgehead atoms. The average Bonchev–Trinajstić information content (AvgIpc) is 3.28. The van der Waals surface area contributed by atoms with Crippen LogP contribution in [0.3, 0.4) is 0 Å². The Morgan fingerprint density at radius 3 is 2.44 bits per heavy atom. The summed E-state index contributed by atoms with van der Waals surface area (Å²) in [6.07, 6.45) is -0.555. The smallest absolute Gasteiger partial charge is 0.159 e. The molecule has 1 aromatic heterocycles. The molecule has 1 aliphatic heterocycles. The molecule has 1 fully saturated rings. The van der Waals surface area contributed by atoms with Crippen LogP contribution in [-0.4, -0.2) is 71.1 Å². The van der Waals surface area contributed by atoms with Crippen LogP contribution in [0.25, 0.3) is 10.6 Å². The molecule has 0 amide bonds. The van der Waals surface area contributed by atoms with E-state index in [2.05, 4.69) is 27.3 Å². The fourth-order valence-electron chi connectivity index (χ4n) is 3.78. The van der Waals surface area contributed by atoms with Gasteiger partial charge in [-0.1, -0.05) is 30.3 Å². The molecule has 7 heteroatoms. The molecule has 168 valence electrons. The number of β-amino-alcohol motifs (C(OH)–C–C–N with tert-alkyl or cyclic N) is 1. The van der Waals surface area contributed by atoms with Crippen LogP contribution in [0, 0.1) is 0 Å². The molecular formula is C25H29N3O3S. The number of hydrogen-bond donors (Lipinski definition) is 1. The van der Waals surface area contributed by atoms with E-state index in [9.17, 15) is 9.90 Å². The Kier molecular flexibility index (Phi) is 7.65. The fraction of sp³-hybridized carbons (Fsp3) is 0.360. The summed E-state index contributed by atoms with van der Waals surface area (Å²) < 4.78 is 5.68. The van der Waals surface area contributed by atoms with Crippen molar-refractivity contribution in [2.45, 2.75) is 19.6 Å². The predicted molar refractivity (Wildman–Crippen MR) is 127 cm³/mol. The molecule has 1 N–H and O–H groups in total. The van der Waals surface area contributed by atoms with E-state index in [1.165, 1.54) is 12.5 Å². The molecule has 0 saturated carbocycles. The van der Waals surface area contributed by atoms with E-state index in [0.29, 0.717) is 17.9 Å². The van der Waals surface area contributed by atoms with Crippen molar-refractivity contribution in [1.29, 1.82) is 0 Å². The molecule has 6 nitrogen and oxygen atoms in total. The van der Waals surface area contributed by atoms with Gasteiger partial charge in [-0.2, -0.15) is 0 Å². The van der Waals surface area contributed by atoms with E-state index in [1.54, 1.807) is 35.6 Å². The lowest BCUT2D eigenvalue weighted by Gasteiger charge is -2.35. The van der Waals surface area contributed by atoms with Crippen molar-refractivity contribution in [1.82, 2.24) is 14.8 Å². The van der Waals surface area contributed by atoms with Gasteiger partial charge in [0.1, 0.15) is 23.5 Å². The number of nitrogens with zero attached hydrogens (tertiary/aromatic N) is 3. The molecule has 0 radical (unpaired) electrons. The van der Waals surface area contributed by atoms with E-state index in [4.69, 9.17) is 9.72 Å². The Bertz CT molecular complexity index is 999. The molecule has 0 unspecified atom stereocenters. The number of thiazole rings is 1. The Labute approximate surface area is 193 Å². The van der Waals surface area contributed by atoms with Gasteiger partial charge in [-0.3, -0.25) is 14.6 Å². The van der Waals surface area contributed by atoms with Crippen molar-refractivity contribution in [2.24, 2.45) is 0 Å². The molecule has 2 heterocycles. The number of piperazine rings is 1. The van der Waals surface area contributed by atoms with Crippen molar-refractivity contribution in [3.05, 3.63) is 71.2 Å². The van der Waals surface area contributed by atoms with Crippen molar-refractivity contribution in [3.8, 4) is 16.3 Å². The SMILES string of the molecule is CC(=O)c1ccc(OC[C@@H](O)CN2CCN(Cc3csc(-c4ccccc4)n3)CC2)cc1. The van der Waals surface area contributed by atoms with Crippen molar-refractivity contribution >= 4 is 17.1 Å². The van der Waals surface area contributed by atoms with Crippen LogP contribution in [0.15, 0.2) is 60.0 Å². The number of ether oxygens (including phenoxy) is 1. The summed E-state index contributed by atoms with van der Waals surface area (Å²) in [6, 6.07) is 17.3. The molecule has 0 aliphatic carbocycles. The van der Waals surface area contributed by atoms with Crippen LogP contribution in [0.2, 0.25) is 0 Å². The first kappa shape index (κ1) is 22.6. The maximum absolute atomic E-state index is 11.3. The normalized spacial score (nSPS) is 16.1. The maximum Gasteiger partial charge on any atom is 0.159 e. The highest BCUT2D eigenvalue weighted by Gasteiger charge is 2.20. The van der Waals surface area contributed by atoms with Crippen molar-refractivity contribution in [2.75, 3.05) is 39.3 Å². The Hall–Kier alpha value is -2.58. The molecular weight excluding hydrogens is 422 g/mol. The highest BCUT2D eigenvalue weighted by Crippen LogP contribution is 2.24. The third-order valence-corrected chi connectivity index (χ3v) is 6.54. The van der Waals surface area contributed by atoms with Crippen LogP contribution < -0.4 is 4.74 Å². The van der Waals surface area contributed by atoms with Crippen molar-refractivity contribution < 1.29 is 14.6 Å². The van der Waals surface area contributed by atoms with Gasteiger partial charge in [0, 0.05) is 55.8 Å². The molecule has 1 atom stereocenters. The molecule has 4 rings (SSSR count). The standard InChI is InChI=1S/C25H29N3O3S/c1-19(29)20-7-9-24(10-8-20)31-17-23(30)16-28-13-11-27(12-14-28)15-22-18-32-25(26-22)21-5-3-2-4-6-21/h2-10,18,23,30H,11-17H2,1H3/t23-/m0/s1. The van der Waals surface area contributed by atoms with E-state index in [-0.39, 0.29) is 12.4 Å². The first-order valence-corrected chi connectivity index (χ1v) is 11.8. The topological polar surface area (TPSA) is 65.9 Å². The van der Waals surface area contributed by atoms with Gasteiger partial charge in [0.2, 0.25) is 0 Å². The molecule has 3 aromatic rings. The van der Waals surface area contributed by atoms with Gasteiger partial charge in [-0.05, 0) is 31.2 Å². The second kappa shape index (κ2) is 10.8. The molecule has 2 aromatic carbocycles. The largest absolute Gasteiger partial charge is 0.491 e. The zero-order valence-electron chi connectivity index (χ0n) is 18.3. The summed E-state index contributed by atoms with van der Waals surface area (Å²) in [5.74, 6) is 0.694. The van der Waals surface area contributed by atoms with Crippen LogP contribution in [-0.2, 0) is 6.54 Å². The van der Waals surface area contributed by atoms with E-state index in [1.807, 2.05) is 18.2 Å². The van der Waals surface area contributed by atoms with Crippen LogP contribution in [0.1, 0.15) is 23.0 Å². The van der Waals surface area contributed by atoms with Gasteiger partial charge in [-0.25, -0.2) is 4.98 Å². The number of aliphatic hydroxyl groups is 1. The first-order valence-electron chi connectivity index (χ1n) is 10.9. The van der Waals surface area contributed by atoms with Gasteiger partial charge in [0.05, 0.1) is 5.69 Å². The third-order valence-electron chi connectivity index (χ3n) is 5.60. The average molecular weight is 452 g/mol. The number of rotatable bonds is 9. The summed E-state index contributed by atoms with van der Waals surface area (Å²) >= 11 is 1.69. The number of ketones is 1. The quantitative estimate of drug-likeness (QED) is 0.502. The number of aliphatic hydroxyl groups excluding tert-OH is 1. The first-order chi connectivity index (χ1) is 15.6. The number of carbonyl (C=O) groups is 1. The van der Waals surface area contributed by atoms with Gasteiger partial charge in [0.15, 0.2) is 5.78 Å². The highest BCUT2D eigenvalue weighted by atomic mass is 32.1. The minimum absolute atomic E-state index is 0.0298. The highest BCUT2D eigenvalue weighted by molar-refractivity contribution is 7.13. The Morgan fingerprint density at radius 1 is 1.06 bits per heavy atom. The monoisotopic (exact) mass is 451 g/mol. The predicted octanol–water partition coefficient (Wildman–Crippen LogP) is 3.57. The van der Waals surface area contributed by atoms with Crippen LogP contribution >= 0.6 is 11.3 Å². The lowest BCUT2D eigenvalue weighted by Crippen LogP contribution is -2.48. The summed E-state index contributed by atoms with van der Waals surface area (Å²) in [7, 11) is 0. The number of benzene rings is 2.